The lowest BCUT2D eigenvalue weighted by atomic mass is 9.99. The van der Waals surface area contributed by atoms with E-state index in [-0.39, 0.29) is 59.3 Å². The van der Waals surface area contributed by atoms with E-state index >= 15 is 0 Å². The molecule has 3 heterocycles. The molecule has 2 atom stereocenters. The minimum absolute atomic E-state index is 0.0644. The van der Waals surface area contributed by atoms with Crippen molar-refractivity contribution < 1.29 is 45.2 Å². The molecule has 252 valence electrons. The minimum Gasteiger partial charge on any atom is -0.405 e. The molecule has 3 amide bonds. The van der Waals surface area contributed by atoms with Gasteiger partial charge in [0.15, 0.2) is 0 Å². The number of halogens is 3. The fourth-order valence-corrected chi connectivity index (χ4v) is 6.74. The highest BCUT2D eigenvalue weighted by molar-refractivity contribution is 7.87. The number of rotatable bonds is 10. The summed E-state index contributed by atoms with van der Waals surface area (Å²) in [5.41, 5.74) is 1.41. The molecule has 2 aliphatic heterocycles. The van der Waals surface area contributed by atoms with Gasteiger partial charge in [-0.3, -0.25) is 4.79 Å². The Kier molecular flexibility index (Phi) is 8.93. The normalized spacial score (nSPS) is 21.1. The molecule has 2 aromatic carbocycles. The zero-order valence-electron chi connectivity index (χ0n) is 25.6. The van der Waals surface area contributed by atoms with E-state index in [0.717, 1.165) is 30.0 Å². The van der Waals surface area contributed by atoms with Crippen LogP contribution in [0.15, 0.2) is 53.1 Å². The SMILES string of the molecule is CN(C)S(=O)(=O)NC(=O)c1cccc(NC(=O)N2C3CCC2CC(OCc2c(-c4ccccc4OC(F)(F)F)noc2C2CC2)C3)c1. The van der Waals surface area contributed by atoms with Crippen molar-refractivity contribution >= 4 is 27.8 Å². The van der Waals surface area contributed by atoms with E-state index in [2.05, 4.69) is 15.2 Å². The second-order valence-corrected chi connectivity index (χ2v) is 14.0. The Morgan fingerprint density at radius 2 is 1.74 bits per heavy atom. The molecule has 16 heteroatoms. The minimum atomic E-state index is -4.87. The van der Waals surface area contributed by atoms with Crippen LogP contribution in [0.1, 0.15) is 66.1 Å². The number of amides is 3. The topological polar surface area (TPSA) is 143 Å². The number of piperidine rings is 1. The summed E-state index contributed by atoms with van der Waals surface area (Å²) < 4.78 is 82.6. The van der Waals surface area contributed by atoms with Crippen molar-refractivity contribution in [2.45, 2.75) is 75.6 Å². The van der Waals surface area contributed by atoms with Crippen LogP contribution in [-0.4, -0.2) is 73.4 Å². The van der Waals surface area contributed by atoms with Crippen LogP contribution in [0.5, 0.6) is 5.75 Å². The molecule has 2 N–H and O–H groups in total. The van der Waals surface area contributed by atoms with E-state index in [1.807, 2.05) is 4.72 Å². The molecular formula is C31H34F3N5O7S. The molecule has 3 aromatic rings. The smallest absolute Gasteiger partial charge is 0.405 e. The van der Waals surface area contributed by atoms with Crippen LogP contribution in [0.2, 0.25) is 0 Å². The lowest BCUT2D eigenvalue weighted by Crippen LogP contribution is -2.50. The largest absolute Gasteiger partial charge is 0.573 e. The maximum absolute atomic E-state index is 13.4. The average Bonchev–Trinajstić information content (AvgIpc) is 3.70. The number of ether oxygens (including phenoxy) is 2. The maximum Gasteiger partial charge on any atom is 0.573 e. The fraction of sp³-hybridized carbons (Fsp3) is 0.452. The number of nitrogens with zero attached hydrogens (tertiary/aromatic N) is 3. The lowest BCUT2D eigenvalue weighted by Gasteiger charge is -2.38. The average molecular weight is 678 g/mol. The van der Waals surface area contributed by atoms with E-state index in [9.17, 15) is 31.2 Å². The standard InChI is InChI=1S/C31H34F3N5O7S/c1-38(2)47(42,43)37-29(40)19-6-5-7-20(14-19)35-30(41)39-21-12-13-22(39)16-23(15-21)44-17-25-27(36-46-28(25)18-10-11-18)24-8-3-4-9-26(24)45-31(32,33)34/h3-9,14,18,21-23H,10-13,15-17H2,1-2H3,(H,35,41)(H,37,40). The number of carbonyl (C=O) groups is 2. The number of benzene rings is 2. The van der Waals surface area contributed by atoms with Crippen LogP contribution in [0, 0.1) is 0 Å². The first kappa shape index (κ1) is 32.8. The zero-order chi connectivity index (χ0) is 33.5. The molecule has 2 saturated heterocycles. The number of aromatic nitrogens is 1. The first-order valence-electron chi connectivity index (χ1n) is 15.2. The van der Waals surface area contributed by atoms with Gasteiger partial charge in [0.05, 0.1) is 12.7 Å². The number of hydrogen-bond donors (Lipinski definition) is 2. The fourth-order valence-electron chi connectivity index (χ4n) is 6.20. The third-order valence-corrected chi connectivity index (χ3v) is 10.0. The molecule has 0 spiro atoms. The van der Waals surface area contributed by atoms with Crippen molar-refractivity contribution in [1.29, 1.82) is 0 Å². The number of hydrogen-bond acceptors (Lipinski definition) is 8. The first-order valence-corrected chi connectivity index (χ1v) is 16.6. The number of urea groups is 1. The summed E-state index contributed by atoms with van der Waals surface area (Å²) in [6.07, 6.45) is -0.635. The van der Waals surface area contributed by atoms with Gasteiger partial charge in [0, 0.05) is 54.5 Å². The monoisotopic (exact) mass is 677 g/mol. The highest BCUT2D eigenvalue weighted by Crippen LogP contribution is 2.46. The summed E-state index contributed by atoms with van der Waals surface area (Å²) in [7, 11) is -1.40. The van der Waals surface area contributed by atoms with Crippen molar-refractivity contribution in [1.82, 2.24) is 19.1 Å². The van der Waals surface area contributed by atoms with Gasteiger partial charge in [-0.15, -0.1) is 13.2 Å². The number of fused-ring (bicyclic) bond motifs is 2. The number of alkyl halides is 3. The highest BCUT2D eigenvalue weighted by atomic mass is 32.2. The summed E-state index contributed by atoms with van der Waals surface area (Å²) in [5.74, 6) is -0.463. The molecule has 3 aliphatic rings. The van der Waals surface area contributed by atoms with Crippen LogP contribution in [0.3, 0.4) is 0 Å². The van der Waals surface area contributed by atoms with Crippen LogP contribution >= 0.6 is 0 Å². The Bertz CT molecular complexity index is 1750. The van der Waals surface area contributed by atoms with Crippen molar-refractivity contribution in [3.05, 3.63) is 65.4 Å². The van der Waals surface area contributed by atoms with E-state index in [0.29, 0.717) is 29.9 Å². The van der Waals surface area contributed by atoms with Gasteiger partial charge in [-0.25, -0.2) is 9.52 Å². The summed E-state index contributed by atoms with van der Waals surface area (Å²) in [4.78, 5) is 27.7. The Morgan fingerprint density at radius 1 is 1.04 bits per heavy atom. The summed E-state index contributed by atoms with van der Waals surface area (Å²) >= 11 is 0. The Morgan fingerprint density at radius 3 is 2.40 bits per heavy atom. The van der Waals surface area contributed by atoms with E-state index < -0.39 is 22.5 Å². The molecular weight excluding hydrogens is 643 g/mol. The zero-order valence-corrected chi connectivity index (χ0v) is 26.4. The molecule has 6 rings (SSSR count). The van der Waals surface area contributed by atoms with Crippen molar-refractivity contribution in [2.24, 2.45) is 0 Å². The second-order valence-electron chi connectivity index (χ2n) is 12.1. The van der Waals surface area contributed by atoms with Crippen LogP contribution < -0.4 is 14.8 Å². The van der Waals surface area contributed by atoms with Crippen molar-refractivity contribution in [3.63, 3.8) is 0 Å². The third-order valence-electron chi connectivity index (χ3n) is 8.60. The summed E-state index contributed by atoms with van der Waals surface area (Å²) in [5, 5.41) is 6.97. The van der Waals surface area contributed by atoms with Gasteiger partial charge >= 0.3 is 22.6 Å². The molecule has 3 fully saturated rings. The van der Waals surface area contributed by atoms with Crippen LogP contribution in [-0.2, 0) is 21.6 Å². The molecule has 1 saturated carbocycles. The molecule has 1 aromatic heterocycles. The van der Waals surface area contributed by atoms with E-state index in [1.54, 1.807) is 23.1 Å². The van der Waals surface area contributed by atoms with Gasteiger partial charge in [0.2, 0.25) is 0 Å². The quantitative estimate of drug-likeness (QED) is 0.291. The Hall–Kier alpha value is -4.15. The predicted molar refractivity (Wildman–Crippen MR) is 163 cm³/mol. The van der Waals surface area contributed by atoms with Gasteiger partial charge < -0.3 is 24.2 Å². The van der Waals surface area contributed by atoms with Gasteiger partial charge in [0.1, 0.15) is 17.2 Å². The molecule has 12 nitrogen and oxygen atoms in total. The first-order chi connectivity index (χ1) is 22.3. The maximum atomic E-state index is 13.4. The molecule has 2 bridgehead atoms. The van der Waals surface area contributed by atoms with Crippen molar-refractivity contribution in [2.75, 3.05) is 19.4 Å². The van der Waals surface area contributed by atoms with E-state index in [1.165, 1.54) is 44.4 Å². The van der Waals surface area contributed by atoms with E-state index in [4.69, 9.17) is 9.26 Å². The number of carbonyl (C=O) groups excluding carboxylic acids is 2. The number of nitrogens with one attached hydrogen (secondary N) is 2. The van der Waals surface area contributed by atoms with Crippen LogP contribution in [0.4, 0.5) is 23.7 Å². The van der Waals surface area contributed by atoms with Gasteiger partial charge in [0.25, 0.3) is 5.91 Å². The lowest BCUT2D eigenvalue weighted by molar-refractivity contribution is -0.274. The molecule has 0 radical (unpaired) electrons. The predicted octanol–water partition coefficient (Wildman–Crippen LogP) is 5.40. The van der Waals surface area contributed by atoms with Crippen molar-refractivity contribution in [3.8, 4) is 17.0 Å². The molecule has 2 unspecified atom stereocenters. The third kappa shape index (κ3) is 7.39. The molecule has 1 aliphatic carbocycles. The van der Waals surface area contributed by atoms with Crippen LogP contribution in [0.25, 0.3) is 11.3 Å². The highest BCUT2D eigenvalue weighted by Gasteiger charge is 2.44. The van der Waals surface area contributed by atoms with Gasteiger partial charge in [-0.2, -0.15) is 12.7 Å². The summed E-state index contributed by atoms with van der Waals surface area (Å²) in [6, 6.07) is 11.2. The van der Waals surface area contributed by atoms with Gasteiger partial charge in [-0.05, 0) is 68.9 Å². The Balaban J connectivity index is 1.11. The van der Waals surface area contributed by atoms with Gasteiger partial charge in [-0.1, -0.05) is 23.4 Å². The second kappa shape index (κ2) is 12.8. The number of para-hydroxylation sites is 1. The summed E-state index contributed by atoms with van der Waals surface area (Å²) in [6.45, 7) is 0.0831. The molecule has 47 heavy (non-hydrogen) atoms. The Labute approximate surface area is 269 Å². The number of anilines is 1.